The molecule has 0 bridgehead atoms. The van der Waals surface area contributed by atoms with Gasteiger partial charge in [-0.25, -0.2) is 15.0 Å². The molecule has 0 aliphatic heterocycles. The minimum Gasteiger partial charge on any atom is -0.308 e. The SMILES string of the molecule is N#Cc1ccc(-c2ccc3c4ccccc4n(-c4ccc(-c5cccc6c5sc5ccccc56)cc4-c4nc(-c5ccccc5)nc(-c5ccccc5)n4)c3c2)c(C#N)c1. The van der Waals surface area contributed by atoms with Gasteiger partial charge in [0, 0.05) is 47.6 Å². The fraction of sp³-hybridized carbons (Fsp3) is 0. The summed E-state index contributed by atoms with van der Waals surface area (Å²) in [4.78, 5) is 15.6. The van der Waals surface area contributed by atoms with E-state index in [-0.39, 0.29) is 0 Å². The molecule has 0 saturated carbocycles. The Kier molecular flexibility index (Phi) is 8.34. The van der Waals surface area contributed by atoms with Crippen molar-refractivity contribution in [2.24, 2.45) is 0 Å². The van der Waals surface area contributed by atoms with E-state index in [1.54, 1.807) is 12.1 Å². The number of hydrogen-bond acceptors (Lipinski definition) is 6. The van der Waals surface area contributed by atoms with Crippen molar-refractivity contribution < 1.29 is 0 Å². The Morgan fingerprint density at radius 1 is 0.417 bits per heavy atom. The molecule has 278 valence electrons. The Hall–Kier alpha value is -8.23. The van der Waals surface area contributed by atoms with Crippen LogP contribution in [0.25, 0.3) is 104 Å². The summed E-state index contributed by atoms with van der Waals surface area (Å²) in [6, 6.07) is 66.4. The summed E-state index contributed by atoms with van der Waals surface area (Å²) in [5, 5.41) is 24.4. The highest BCUT2D eigenvalue weighted by Gasteiger charge is 2.22. The van der Waals surface area contributed by atoms with Crippen LogP contribution in [0.4, 0.5) is 0 Å². The van der Waals surface area contributed by atoms with Gasteiger partial charge >= 0.3 is 0 Å². The van der Waals surface area contributed by atoms with E-state index in [4.69, 9.17) is 15.0 Å². The molecule has 0 radical (unpaired) electrons. The molecule has 60 heavy (non-hydrogen) atoms. The summed E-state index contributed by atoms with van der Waals surface area (Å²) in [5.74, 6) is 1.71. The highest BCUT2D eigenvalue weighted by molar-refractivity contribution is 7.26. The minimum atomic E-state index is 0.448. The van der Waals surface area contributed by atoms with Crippen LogP contribution in [0.3, 0.4) is 0 Å². The van der Waals surface area contributed by atoms with Crippen molar-refractivity contribution in [1.82, 2.24) is 19.5 Å². The summed E-state index contributed by atoms with van der Waals surface area (Å²) < 4.78 is 4.76. The van der Waals surface area contributed by atoms with Crippen molar-refractivity contribution in [3.05, 3.63) is 193 Å². The van der Waals surface area contributed by atoms with Crippen LogP contribution in [-0.2, 0) is 0 Å². The van der Waals surface area contributed by atoms with Crippen LogP contribution in [-0.4, -0.2) is 19.5 Å². The molecular formula is C53H30N6S. The quantitative estimate of drug-likeness (QED) is 0.167. The third kappa shape index (κ3) is 5.81. The standard InChI is InChI=1S/C53H30N6S/c54-31-33-22-25-39(38(28-33)32-55)37-23-26-42-41-16-7-9-20-46(41)59(48(42)30-37)47-27-24-36(40-18-11-19-44-43-17-8-10-21-49(43)60-50(40)44)29-45(47)53-57-51(34-12-3-1-4-13-34)56-52(58-53)35-14-5-2-6-15-35/h1-30H. The van der Waals surface area contributed by atoms with E-state index in [9.17, 15) is 10.5 Å². The van der Waals surface area contributed by atoms with Crippen molar-refractivity contribution >= 4 is 53.3 Å². The van der Waals surface area contributed by atoms with Crippen LogP contribution in [0.1, 0.15) is 11.1 Å². The zero-order chi connectivity index (χ0) is 40.2. The van der Waals surface area contributed by atoms with Crippen molar-refractivity contribution in [1.29, 1.82) is 10.5 Å². The van der Waals surface area contributed by atoms with Gasteiger partial charge in [-0.1, -0.05) is 140 Å². The van der Waals surface area contributed by atoms with Gasteiger partial charge in [0.15, 0.2) is 17.5 Å². The predicted molar refractivity (Wildman–Crippen MR) is 244 cm³/mol. The number of rotatable bonds is 6. The van der Waals surface area contributed by atoms with Gasteiger partial charge in [-0.3, -0.25) is 0 Å². The second-order valence-corrected chi connectivity index (χ2v) is 15.7. The molecule has 11 aromatic rings. The molecule has 0 amide bonds. The van der Waals surface area contributed by atoms with Crippen molar-refractivity contribution in [3.63, 3.8) is 0 Å². The third-order valence-corrected chi connectivity index (χ3v) is 12.4. The molecule has 0 fully saturated rings. The van der Waals surface area contributed by atoms with E-state index in [1.807, 2.05) is 78.1 Å². The Morgan fingerprint density at radius 3 is 1.80 bits per heavy atom. The summed E-state index contributed by atoms with van der Waals surface area (Å²) >= 11 is 1.81. The topological polar surface area (TPSA) is 91.2 Å². The lowest BCUT2D eigenvalue weighted by Gasteiger charge is -2.17. The van der Waals surface area contributed by atoms with Gasteiger partial charge < -0.3 is 4.57 Å². The monoisotopic (exact) mass is 782 g/mol. The summed E-state index contributed by atoms with van der Waals surface area (Å²) in [6.45, 7) is 0. The largest absolute Gasteiger partial charge is 0.308 e. The molecule has 0 N–H and O–H groups in total. The Labute approximate surface area is 349 Å². The van der Waals surface area contributed by atoms with Gasteiger partial charge in [0.1, 0.15) is 0 Å². The first kappa shape index (κ1) is 35.0. The Balaban J connectivity index is 1.22. The fourth-order valence-electron chi connectivity index (χ4n) is 8.34. The average Bonchev–Trinajstić information content (AvgIpc) is 3.87. The number of benzene rings is 8. The number of hydrogen-bond donors (Lipinski definition) is 0. The summed E-state index contributed by atoms with van der Waals surface area (Å²) in [5.41, 5.74) is 10.2. The molecule has 0 aliphatic carbocycles. The molecule has 0 aliphatic rings. The molecule has 0 unspecified atom stereocenters. The average molecular weight is 783 g/mol. The second kappa shape index (κ2) is 14.3. The molecule has 6 nitrogen and oxygen atoms in total. The van der Waals surface area contributed by atoms with E-state index >= 15 is 0 Å². The Morgan fingerprint density at radius 2 is 1.05 bits per heavy atom. The molecular weight excluding hydrogens is 753 g/mol. The van der Waals surface area contributed by atoms with E-state index < -0.39 is 0 Å². The summed E-state index contributed by atoms with van der Waals surface area (Å²) in [7, 11) is 0. The predicted octanol–water partition coefficient (Wildman–Crippen LogP) is 13.4. The summed E-state index contributed by atoms with van der Waals surface area (Å²) in [6.07, 6.45) is 0. The van der Waals surface area contributed by atoms with Gasteiger partial charge in [0.2, 0.25) is 0 Å². The number of thiophene rings is 1. The van der Waals surface area contributed by atoms with Gasteiger partial charge in [-0.15, -0.1) is 11.3 Å². The van der Waals surface area contributed by atoms with Crippen molar-refractivity contribution in [2.75, 3.05) is 0 Å². The van der Waals surface area contributed by atoms with Gasteiger partial charge in [0.25, 0.3) is 0 Å². The molecule has 0 atom stereocenters. The van der Waals surface area contributed by atoms with Crippen LogP contribution in [0.2, 0.25) is 0 Å². The molecule has 0 spiro atoms. The van der Waals surface area contributed by atoms with Crippen LogP contribution in [0, 0.1) is 22.7 Å². The molecule has 7 heteroatoms. The minimum absolute atomic E-state index is 0.448. The van der Waals surface area contributed by atoms with Crippen LogP contribution in [0.15, 0.2) is 182 Å². The lowest BCUT2D eigenvalue weighted by atomic mass is 9.97. The molecule has 3 aromatic heterocycles. The lowest BCUT2D eigenvalue weighted by molar-refractivity contribution is 1.06. The number of nitrogens with zero attached hydrogens (tertiary/aromatic N) is 6. The maximum absolute atomic E-state index is 10.2. The first-order valence-corrected chi connectivity index (χ1v) is 20.4. The maximum Gasteiger partial charge on any atom is 0.166 e. The van der Waals surface area contributed by atoms with Gasteiger partial charge in [-0.05, 0) is 64.7 Å². The third-order valence-electron chi connectivity index (χ3n) is 11.1. The zero-order valence-electron chi connectivity index (χ0n) is 31.9. The number of fused-ring (bicyclic) bond motifs is 6. The van der Waals surface area contributed by atoms with Gasteiger partial charge in [-0.2, -0.15) is 10.5 Å². The molecule has 0 saturated heterocycles. The number of nitriles is 2. The molecule has 8 aromatic carbocycles. The van der Waals surface area contributed by atoms with E-state index in [2.05, 4.69) is 120 Å². The van der Waals surface area contributed by atoms with Crippen molar-refractivity contribution in [2.45, 2.75) is 0 Å². The van der Waals surface area contributed by atoms with E-state index in [0.717, 1.165) is 66.4 Å². The van der Waals surface area contributed by atoms with Gasteiger partial charge in [0.05, 0.1) is 40.0 Å². The fourth-order valence-corrected chi connectivity index (χ4v) is 9.58. The van der Waals surface area contributed by atoms with Crippen molar-refractivity contribution in [3.8, 4) is 74.2 Å². The maximum atomic E-state index is 10.2. The van der Waals surface area contributed by atoms with Crippen LogP contribution < -0.4 is 0 Å². The lowest BCUT2D eigenvalue weighted by Crippen LogP contribution is -2.04. The van der Waals surface area contributed by atoms with Crippen LogP contribution >= 0.6 is 11.3 Å². The normalized spacial score (nSPS) is 11.3. The number of para-hydroxylation sites is 1. The highest BCUT2D eigenvalue weighted by atomic mass is 32.1. The first-order chi connectivity index (χ1) is 29.6. The first-order valence-electron chi connectivity index (χ1n) is 19.6. The number of aromatic nitrogens is 4. The van der Waals surface area contributed by atoms with E-state index in [0.29, 0.717) is 28.6 Å². The Bertz CT molecular complexity index is 3520. The smallest absolute Gasteiger partial charge is 0.166 e. The highest BCUT2D eigenvalue weighted by Crippen LogP contribution is 2.43. The van der Waals surface area contributed by atoms with E-state index in [1.165, 1.54) is 20.2 Å². The zero-order valence-corrected chi connectivity index (χ0v) is 32.7. The molecule has 3 heterocycles. The second-order valence-electron chi connectivity index (χ2n) is 14.6. The van der Waals surface area contributed by atoms with Crippen LogP contribution in [0.5, 0.6) is 0 Å². The molecule has 11 rings (SSSR count).